The minimum absolute atomic E-state index is 0.159. The number of hydrogen-bond acceptors (Lipinski definition) is 2. The zero-order valence-corrected chi connectivity index (χ0v) is 12.3. The Morgan fingerprint density at radius 1 is 1.41 bits per heavy atom. The predicted molar refractivity (Wildman–Crippen MR) is 72.4 cm³/mol. The van der Waals surface area contributed by atoms with Crippen LogP contribution in [0.3, 0.4) is 0 Å². The Bertz CT molecular complexity index is 260. The van der Waals surface area contributed by atoms with Crippen molar-refractivity contribution in [3.63, 3.8) is 0 Å². The molecule has 1 aliphatic rings. The standard InChI is InChI=1S/C13H25ClN2O/c1-13(2,10-14)12(17)16(4)9-11-5-7-15(3)8-6-11/h11H,5-10H2,1-4H3. The lowest BCUT2D eigenvalue weighted by atomic mass is 9.92. The lowest BCUT2D eigenvalue weighted by Gasteiger charge is -2.34. The summed E-state index contributed by atoms with van der Waals surface area (Å²) in [5.74, 6) is 1.18. The van der Waals surface area contributed by atoms with Crippen molar-refractivity contribution < 1.29 is 4.79 Å². The highest BCUT2D eigenvalue weighted by atomic mass is 35.5. The van der Waals surface area contributed by atoms with E-state index in [1.165, 1.54) is 12.8 Å². The molecule has 0 saturated carbocycles. The molecular formula is C13H25ClN2O. The van der Waals surface area contributed by atoms with Gasteiger partial charge in [0.2, 0.25) is 5.91 Å². The highest BCUT2D eigenvalue weighted by Crippen LogP contribution is 2.22. The van der Waals surface area contributed by atoms with E-state index in [9.17, 15) is 4.79 Å². The van der Waals surface area contributed by atoms with E-state index in [0.717, 1.165) is 19.6 Å². The summed E-state index contributed by atoms with van der Waals surface area (Å²) in [5, 5.41) is 0. The van der Waals surface area contributed by atoms with Crippen LogP contribution in [0.5, 0.6) is 0 Å². The zero-order chi connectivity index (χ0) is 13.1. The highest BCUT2D eigenvalue weighted by Gasteiger charge is 2.30. The third-order valence-electron chi connectivity index (χ3n) is 3.63. The second-order valence-electron chi connectivity index (χ2n) is 5.95. The molecule has 1 fully saturated rings. The molecule has 1 saturated heterocycles. The largest absolute Gasteiger partial charge is 0.345 e. The van der Waals surface area contributed by atoms with Crippen molar-refractivity contribution in [2.75, 3.05) is 39.6 Å². The topological polar surface area (TPSA) is 23.6 Å². The first-order valence-corrected chi connectivity index (χ1v) is 6.90. The molecular weight excluding hydrogens is 236 g/mol. The molecule has 0 radical (unpaired) electrons. The second-order valence-corrected chi connectivity index (χ2v) is 6.22. The molecule has 4 heteroatoms. The molecule has 1 rings (SSSR count). The molecule has 0 aromatic rings. The summed E-state index contributed by atoms with van der Waals surface area (Å²) >= 11 is 5.84. The van der Waals surface area contributed by atoms with Crippen molar-refractivity contribution in [2.24, 2.45) is 11.3 Å². The van der Waals surface area contributed by atoms with Crippen LogP contribution in [-0.4, -0.2) is 55.3 Å². The minimum Gasteiger partial charge on any atom is -0.345 e. The lowest BCUT2D eigenvalue weighted by molar-refractivity contribution is -0.138. The number of piperidine rings is 1. The summed E-state index contributed by atoms with van der Waals surface area (Å²) in [6, 6.07) is 0. The van der Waals surface area contributed by atoms with E-state index < -0.39 is 5.41 Å². The van der Waals surface area contributed by atoms with Crippen LogP contribution in [0.2, 0.25) is 0 Å². The number of rotatable bonds is 4. The van der Waals surface area contributed by atoms with Crippen LogP contribution < -0.4 is 0 Å². The van der Waals surface area contributed by atoms with E-state index in [2.05, 4.69) is 11.9 Å². The van der Waals surface area contributed by atoms with Gasteiger partial charge in [-0.1, -0.05) is 0 Å². The molecule has 0 atom stereocenters. The van der Waals surface area contributed by atoms with Gasteiger partial charge in [0.1, 0.15) is 0 Å². The molecule has 1 amide bonds. The van der Waals surface area contributed by atoms with Crippen LogP contribution in [0.4, 0.5) is 0 Å². The SMILES string of the molecule is CN1CCC(CN(C)C(=O)C(C)(C)CCl)CC1. The van der Waals surface area contributed by atoms with Crippen LogP contribution in [0.25, 0.3) is 0 Å². The normalized spacial score (nSPS) is 19.4. The number of likely N-dealkylation sites (tertiary alicyclic amines) is 1. The van der Waals surface area contributed by atoms with E-state index in [-0.39, 0.29) is 5.91 Å². The summed E-state index contributed by atoms with van der Waals surface area (Å²) < 4.78 is 0. The molecule has 0 N–H and O–H groups in total. The van der Waals surface area contributed by atoms with Gasteiger partial charge >= 0.3 is 0 Å². The fourth-order valence-electron chi connectivity index (χ4n) is 2.29. The Labute approximate surface area is 110 Å². The van der Waals surface area contributed by atoms with Crippen molar-refractivity contribution in [3.05, 3.63) is 0 Å². The predicted octanol–water partition coefficient (Wildman–Crippen LogP) is 2.05. The Hall–Kier alpha value is -0.280. The maximum Gasteiger partial charge on any atom is 0.229 e. The fraction of sp³-hybridized carbons (Fsp3) is 0.923. The van der Waals surface area contributed by atoms with Gasteiger partial charge in [0, 0.05) is 19.5 Å². The maximum absolute atomic E-state index is 12.2. The summed E-state index contributed by atoms with van der Waals surface area (Å²) in [6.45, 7) is 6.98. The summed E-state index contributed by atoms with van der Waals surface area (Å²) in [7, 11) is 4.05. The van der Waals surface area contributed by atoms with Crippen molar-refractivity contribution in [1.82, 2.24) is 9.80 Å². The number of hydrogen-bond donors (Lipinski definition) is 0. The molecule has 17 heavy (non-hydrogen) atoms. The highest BCUT2D eigenvalue weighted by molar-refractivity contribution is 6.19. The first kappa shape index (κ1) is 14.8. The number of carbonyl (C=O) groups is 1. The third-order valence-corrected chi connectivity index (χ3v) is 4.30. The van der Waals surface area contributed by atoms with Gasteiger partial charge in [-0.3, -0.25) is 4.79 Å². The first-order valence-electron chi connectivity index (χ1n) is 6.37. The maximum atomic E-state index is 12.2. The van der Waals surface area contributed by atoms with E-state index in [0.29, 0.717) is 11.8 Å². The van der Waals surface area contributed by atoms with Gasteiger partial charge in [-0.2, -0.15) is 0 Å². The number of halogens is 1. The van der Waals surface area contributed by atoms with Gasteiger partial charge in [-0.15, -0.1) is 11.6 Å². The minimum atomic E-state index is -0.443. The smallest absolute Gasteiger partial charge is 0.229 e. The average molecular weight is 261 g/mol. The van der Waals surface area contributed by atoms with Gasteiger partial charge in [-0.05, 0) is 52.7 Å². The molecule has 0 spiro atoms. The molecule has 0 unspecified atom stereocenters. The molecule has 3 nitrogen and oxygen atoms in total. The number of alkyl halides is 1. The third kappa shape index (κ3) is 4.14. The number of carbonyl (C=O) groups excluding carboxylic acids is 1. The Kier molecular flexibility index (Phi) is 5.26. The van der Waals surface area contributed by atoms with E-state index in [1.54, 1.807) is 0 Å². The second kappa shape index (κ2) is 6.05. The monoisotopic (exact) mass is 260 g/mol. The van der Waals surface area contributed by atoms with Crippen molar-refractivity contribution in [3.8, 4) is 0 Å². The van der Waals surface area contributed by atoms with E-state index >= 15 is 0 Å². The van der Waals surface area contributed by atoms with Gasteiger partial charge in [-0.25, -0.2) is 0 Å². The van der Waals surface area contributed by atoms with Crippen molar-refractivity contribution in [2.45, 2.75) is 26.7 Å². The summed E-state index contributed by atoms with van der Waals surface area (Å²) in [6.07, 6.45) is 2.38. The van der Waals surface area contributed by atoms with Crippen LogP contribution >= 0.6 is 11.6 Å². The van der Waals surface area contributed by atoms with Crippen molar-refractivity contribution >= 4 is 17.5 Å². The molecule has 0 aromatic carbocycles. The summed E-state index contributed by atoms with van der Waals surface area (Å²) in [4.78, 5) is 16.4. The molecule has 1 aliphatic heterocycles. The van der Waals surface area contributed by atoms with Gasteiger partial charge < -0.3 is 9.80 Å². The van der Waals surface area contributed by atoms with Crippen molar-refractivity contribution in [1.29, 1.82) is 0 Å². The van der Waals surface area contributed by atoms with E-state index in [1.807, 2.05) is 25.8 Å². The fourth-order valence-corrected chi connectivity index (χ4v) is 2.40. The van der Waals surface area contributed by atoms with Crippen LogP contribution in [0.15, 0.2) is 0 Å². The van der Waals surface area contributed by atoms with Crippen LogP contribution in [0, 0.1) is 11.3 Å². The van der Waals surface area contributed by atoms with Gasteiger partial charge in [0.25, 0.3) is 0 Å². The zero-order valence-electron chi connectivity index (χ0n) is 11.5. The Balaban J connectivity index is 2.44. The quantitative estimate of drug-likeness (QED) is 0.723. The molecule has 100 valence electrons. The molecule has 0 aromatic heterocycles. The van der Waals surface area contributed by atoms with E-state index in [4.69, 9.17) is 11.6 Å². The molecule has 0 bridgehead atoms. The molecule has 1 heterocycles. The van der Waals surface area contributed by atoms with Gasteiger partial charge in [0.15, 0.2) is 0 Å². The Morgan fingerprint density at radius 2 is 1.94 bits per heavy atom. The summed E-state index contributed by atoms with van der Waals surface area (Å²) in [5.41, 5.74) is -0.443. The number of nitrogens with zero attached hydrogens (tertiary/aromatic N) is 2. The lowest BCUT2D eigenvalue weighted by Crippen LogP contribution is -2.43. The Morgan fingerprint density at radius 3 is 2.41 bits per heavy atom. The molecule has 0 aliphatic carbocycles. The van der Waals surface area contributed by atoms with Crippen LogP contribution in [-0.2, 0) is 4.79 Å². The average Bonchev–Trinajstić information content (AvgIpc) is 2.31. The first-order chi connectivity index (χ1) is 7.86. The van der Waals surface area contributed by atoms with Gasteiger partial charge in [0.05, 0.1) is 5.41 Å². The van der Waals surface area contributed by atoms with Crippen LogP contribution in [0.1, 0.15) is 26.7 Å². The number of amides is 1.